The predicted octanol–water partition coefficient (Wildman–Crippen LogP) is -1.12. The molecule has 0 saturated heterocycles. The maximum Gasteiger partial charge on any atom is 2.00 e. The first kappa shape index (κ1) is 14.1. The summed E-state index contributed by atoms with van der Waals surface area (Å²) in [5.74, 6) is 0.832. The van der Waals surface area contributed by atoms with Crippen LogP contribution in [0.5, 0.6) is 5.75 Å². The molecule has 0 heterocycles. The fraction of sp³-hybridized carbons (Fsp3) is 0.143. The van der Waals surface area contributed by atoms with Gasteiger partial charge in [0.1, 0.15) is 0 Å². The first-order chi connectivity index (χ1) is 4.33. The topological polar surface area (TPSA) is 9.23 Å². The van der Waals surface area contributed by atoms with Gasteiger partial charge in [-0.05, 0) is 0 Å². The summed E-state index contributed by atoms with van der Waals surface area (Å²) >= 11 is 3.26. The summed E-state index contributed by atoms with van der Waals surface area (Å²) in [6, 6.07) is 8.49. The van der Waals surface area contributed by atoms with E-state index >= 15 is 0 Å². The first-order valence-electron chi connectivity index (χ1n) is 2.54. The quantitative estimate of drug-likeness (QED) is 0.450. The van der Waals surface area contributed by atoms with Crippen LogP contribution in [0.15, 0.2) is 22.7 Å². The van der Waals surface area contributed by atoms with Crippen molar-refractivity contribution in [1.82, 2.24) is 0 Å². The fourth-order valence-corrected chi connectivity index (χ4v) is 0.765. The van der Waals surface area contributed by atoms with E-state index in [1.54, 1.807) is 13.2 Å². The number of rotatable bonds is 1. The van der Waals surface area contributed by atoms with Gasteiger partial charge in [-0.3, -0.25) is 0 Å². The second kappa shape index (κ2) is 7.22. The van der Waals surface area contributed by atoms with Crippen LogP contribution in [0.25, 0.3) is 0 Å². The third-order valence-corrected chi connectivity index (χ3v) is 1.48. The van der Waals surface area contributed by atoms with Gasteiger partial charge in [0.15, 0.2) is 0 Å². The Bertz CT molecular complexity index is 190. The molecule has 11 heavy (non-hydrogen) atoms. The molecule has 0 aromatic heterocycles. The summed E-state index contributed by atoms with van der Waals surface area (Å²) in [6.45, 7) is 0. The van der Waals surface area contributed by atoms with Gasteiger partial charge in [-0.25, -0.2) is 0 Å². The Balaban J connectivity index is 0. The van der Waals surface area contributed by atoms with Gasteiger partial charge in [0.25, 0.3) is 0 Å². The number of methoxy groups -OCH3 is 1. The van der Waals surface area contributed by atoms with Gasteiger partial charge in [0.2, 0.25) is 0 Å². The molecule has 4 heteroatoms. The third kappa shape index (κ3) is 4.90. The minimum Gasteiger partial charge on any atom is -1.00 e. The van der Waals surface area contributed by atoms with Gasteiger partial charge in [-0.15, -0.1) is 12.1 Å². The molecule has 0 spiro atoms. The zero-order valence-corrected chi connectivity index (χ0v) is 9.86. The van der Waals surface area contributed by atoms with Gasteiger partial charge < -0.3 is 17.1 Å². The van der Waals surface area contributed by atoms with E-state index in [1.165, 1.54) is 0 Å². The van der Waals surface area contributed by atoms with Crippen LogP contribution >= 0.6 is 15.9 Å². The molecule has 1 aromatic carbocycles. The van der Waals surface area contributed by atoms with Gasteiger partial charge in [-0.1, -0.05) is 20.4 Å². The Labute approximate surface area is 97.2 Å². The fourth-order valence-electron chi connectivity index (χ4n) is 0.519. The minimum atomic E-state index is 0. The Morgan fingerprint density at radius 1 is 1.45 bits per heavy atom. The number of benzene rings is 1. The Kier molecular flexibility index (Phi) is 9.25. The zero-order valence-electron chi connectivity index (χ0n) is 6.10. The average molecular weight is 246 g/mol. The van der Waals surface area contributed by atoms with Crippen LogP contribution in [0, 0.1) is 6.07 Å². The third-order valence-electron chi connectivity index (χ3n) is 0.982. The molecule has 1 rings (SSSR count). The van der Waals surface area contributed by atoms with Crippen molar-refractivity contribution in [1.29, 1.82) is 0 Å². The van der Waals surface area contributed by atoms with Crippen LogP contribution in [0.2, 0.25) is 0 Å². The molecular weight excluding hydrogens is 240 g/mol. The maximum atomic E-state index is 4.92. The molecule has 1 aromatic rings. The molecule has 0 aliphatic carbocycles. The molecular formula is C7H6BrClMgO. The van der Waals surface area contributed by atoms with E-state index in [4.69, 9.17) is 4.74 Å². The molecule has 0 radical (unpaired) electrons. The molecule has 0 aliphatic rings. The largest absolute Gasteiger partial charge is 2.00 e. The van der Waals surface area contributed by atoms with Crippen molar-refractivity contribution in [3.05, 3.63) is 28.7 Å². The van der Waals surface area contributed by atoms with Crippen molar-refractivity contribution >= 4 is 39.0 Å². The molecule has 1 nitrogen and oxygen atoms in total. The molecule has 0 atom stereocenters. The van der Waals surface area contributed by atoms with Crippen LogP contribution < -0.4 is 17.1 Å². The van der Waals surface area contributed by atoms with E-state index in [0.717, 1.165) is 10.2 Å². The Morgan fingerprint density at radius 2 is 2.09 bits per heavy atom. The normalized spacial score (nSPS) is 7.45. The maximum absolute atomic E-state index is 4.92. The van der Waals surface area contributed by atoms with Crippen LogP contribution in [0.3, 0.4) is 0 Å². The van der Waals surface area contributed by atoms with Crippen molar-refractivity contribution in [2.75, 3.05) is 7.11 Å². The molecule has 0 unspecified atom stereocenters. The van der Waals surface area contributed by atoms with E-state index < -0.39 is 0 Å². The molecule has 0 fully saturated rings. The van der Waals surface area contributed by atoms with E-state index in [2.05, 4.69) is 22.0 Å². The SMILES string of the molecule is COc1c[c-]c(Br)cc1.[Cl-].[Mg+2]. The van der Waals surface area contributed by atoms with E-state index in [-0.39, 0.29) is 35.5 Å². The van der Waals surface area contributed by atoms with E-state index in [0.29, 0.717) is 0 Å². The summed E-state index contributed by atoms with van der Waals surface area (Å²) in [4.78, 5) is 0. The Hall–Kier alpha value is 0.556. The van der Waals surface area contributed by atoms with Crippen molar-refractivity contribution in [3.63, 3.8) is 0 Å². The molecule has 0 bridgehead atoms. The van der Waals surface area contributed by atoms with Crippen LogP contribution in [0.1, 0.15) is 0 Å². The number of ether oxygens (including phenoxy) is 1. The van der Waals surface area contributed by atoms with Crippen LogP contribution in [-0.4, -0.2) is 30.2 Å². The molecule has 56 valence electrons. The average Bonchev–Trinajstić information content (AvgIpc) is 1.90. The summed E-state index contributed by atoms with van der Waals surface area (Å²) in [6.07, 6.45) is 0. The van der Waals surface area contributed by atoms with Crippen LogP contribution in [0.4, 0.5) is 0 Å². The first-order valence-corrected chi connectivity index (χ1v) is 3.33. The molecule has 0 N–H and O–H groups in total. The van der Waals surface area contributed by atoms with Gasteiger partial charge in [0.05, 0.1) is 7.11 Å². The molecule has 0 saturated carbocycles. The zero-order chi connectivity index (χ0) is 6.69. The van der Waals surface area contributed by atoms with Gasteiger partial charge in [-0.2, -0.15) is 12.1 Å². The Morgan fingerprint density at radius 3 is 2.45 bits per heavy atom. The number of halogens is 2. The van der Waals surface area contributed by atoms with E-state index in [1.807, 2.05) is 12.1 Å². The molecule has 0 aliphatic heterocycles. The summed E-state index contributed by atoms with van der Waals surface area (Å²) in [5.41, 5.74) is 0. The van der Waals surface area contributed by atoms with Gasteiger partial charge >= 0.3 is 23.1 Å². The second-order valence-corrected chi connectivity index (χ2v) is 2.43. The van der Waals surface area contributed by atoms with Crippen molar-refractivity contribution in [3.8, 4) is 5.75 Å². The number of hydrogen-bond donors (Lipinski definition) is 0. The summed E-state index contributed by atoms with van der Waals surface area (Å²) < 4.78 is 5.86. The summed E-state index contributed by atoms with van der Waals surface area (Å²) in [7, 11) is 1.64. The molecule has 0 amide bonds. The van der Waals surface area contributed by atoms with E-state index in [9.17, 15) is 0 Å². The van der Waals surface area contributed by atoms with Gasteiger partial charge in [0, 0.05) is 5.75 Å². The predicted molar refractivity (Wildman–Crippen MR) is 45.3 cm³/mol. The van der Waals surface area contributed by atoms with Crippen LogP contribution in [-0.2, 0) is 0 Å². The minimum absolute atomic E-state index is 0. The number of hydrogen-bond acceptors (Lipinski definition) is 1. The van der Waals surface area contributed by atoms with Crippen molar-refractivity contribution in [2.24, 2.45) is 0 Å². The standard InChI is InChI=1S/C7H6BrO.ClH.Mg/c1-9-7-4-2-6(8)3-5-7;;/h2,4-5H,1H3;1H;/q-1;;+2/p-1. The van der Waals surface area contributed by atoms with Crippen molar-refractivity contribution < 1.29 is 17.1 Å². The second-order valence-electron chi connectivity index (χ2n) is 1.58. The van der Waals surface area contributed by atoms with Crippen molar-refractivity contribution in [2.45, 2.75) is 0 Å². The smallest absolute Gasteiger partial charge is 1.00 e. The monoisotopic (exact) mass is 244 g/mol. The summed E-state index contributed by atoms with van der Waals surface area (Å²) in [5, 5.41) is 0.